The molecule has 2 aromatic carbocycles. The fourth-order valence-corrected chi connectivity index (χ4v) is 3.39. The van der Waals surface area contributed by atoms with Gasteiger partial charge in [-0.25, -0.2) is 4.98 Å². The molecule has 1 aliphatic rings. The van der Waals surface area contributed by atoms with Gasteiger partial charge < -0.3 is 13.9 Å². The highest BCUT2D eigenvalue weighted by Gasteiger charge is 2.19. The van der Waals surface area contributed by atoms with E-state index in [-0.39, 0.29) is 0 Å². The summed E-state index contributed by atoms with van der Waals surface area (Å²) in [7, 11) is 1.65. The first-order valence-electron chi connectivity index (χ1n) is 8.86. The molecule has 6 heteroatoms. The molecule has 0 N–H and O–H groups in total. The highest BCUT2D eigenvalue weighted by molar-refractivity contribution is 6.30. The van der Waals surface area contributed by atoms with Crippen molar-refractivity contribution in [3.8, 4) is 23.0 Å². The molecule has 5 nitrogen and oxygen atoms in total. The van der Waals surface area contributed by atoms with Gasteiger partial charge in [0, 0.05) is 35.8 Å². The number of ether oxygens (including phenoxy) is 2. The van der Waals surface area contributed by atoms with Gasteiger partial charge in [-0.2, -0.15) is 0 Å². The van der Waals surface area contributed by atoms with Crippen LogP contribution in [0.3, 0.4) is 0 Å². The molecule has 0 radical (unpaired) electrons. The third-order valence-corrected chi connectivity index (χ3v) is 4.92. The number of halogens is 1. The molecule has 4 rings (SSSR count). The lowest BCUT2D eigenvalue weighted by Crippen LogP contribution is -2.25. The van der Waals surface area contributed by atoms with Crippen molar-refractivity contribution in [3.05, 3.63) is 64.5 Å². The zero-order valence-electron chi connectivity index (χ0n) is 15.4. The molecule has 3 aromatic rings. The van der Waals surface area contributed by atoms with E-state index in [2.05, 4.69) is 4.90 Å². The molecule has 1 aromatic heterocycles. The van der Waals surface area contributed by atoms with Gasteiger partial charge in [-0.1, -0.05) is 11.6 Å². The number of methoxy groups -OCH3 is 1. The van der Waals surface area contributed by atoms with E-state index >= 15 is 0 Å². The highest BCUT2D eigenvalue weighted by Crippen LogP contribution is 2.28. The molecule has 0 saturated heterocycles. The van der Waals surface area contributed by atoms with Crippen LogP contribution >= 0.6 is 11.6 Å². The zero-order valence-corrected chi connectivity index (χ0v) is 16.1. The molecule has 0 atom stereocenters. The van der Waals surface area contributed by atoms with E-state index in [1.165, 1.54) is 0 Å². The number of rotatable bonds is 4. The molecule has 0 bridgehead atoms. The fraction of sp³-hybridized carbons (Fsp3) is 0.286. The third kappa shape index (κ3) is 3.94. The molecule has 0 amide bonds. The summed E-state index contributed by atoms with van der Waals surface area (Å²) < 4.78 is 17.0. The highest BCUT2D eigenvalue weighted by atomic mass is 35.5. The quantitative estimate of drug-likeness (QED) is 0.652. The number of oxazole rings is 1. The Hall–Kier alpha value is -2.50. The maximum absolute atomic E-state index is 6.15. The molecule has 140 valence electrons. The summed E-state index contributed by atoms with van der Waals surface area (Å²) in [5, 5.41) is 0.721. The van der Waals surface area contributed by atoms with Crippen molar-refractivity contribution in [3.63, 3.8) is 0 Å². The minimum absolute atomic E-state index is 0.625. The Bertz CT molecular complexity index is 937. The molecule has 0 unspecified atom stereocenters. The molecular weight excluding hydrogens is 364 g/mol. The number of benzene rings is 2. The van der Waals surface area contributed by atoms with Crippen molar-refractivity contribution in [1.29, 1.82) is 0 Å². The Kier molecular flexibility index (Phi) is 5.05. The van der Waals surface area contributed by atoms with Crippen LogP contribution in [0, 0.1) is 6.92 Å². The van der Waals surface area contributed by atoms with Gasteiger partial charge in [0.2, 0.25) is 5.89 Å². The number of nitrogens with zero attached hydrogens (tertiary/aromatic N) is 2. The van der Waals surface area contributed by atoms with Crippen LogP contribution in [0.5, 0.6) is 11.5 Å². The van der Waals surface area contributed by atoms with Crippen molar-refractivity contribution in [2.45, 2.75) is 20.0 Å². The summed E-state index contributed by atoms with van der Waals surface area (Å²) >= 11 is 6.15. The van der Waals surface area contributed by atoms with Crippen molar-refractivity contribution >= 4 is 11.6 Å². The number of aryl methyl sites for hydroxylation is 1. The van der Waals surface area contributed by atoms with Crippen LogP contribution in [-0.2, 0) is 13.1 Å². The number of hydrogen-bond acceptors (Lipinski definition) is 5. The van der Waals surface area contributed by atoms with Gasteiger partial charge in [-0.15, -0.1) is 0 Å². The van der Waals surface area contributed by atoms with Crippen molar-refractivity contribution in [1.82, 2.24) is 9.88 Å². The van der Waals surface area contributed by atoms with E-state index in [0.717, 1.165) is 52.2 Å². The lowest BCUT2D eigenvalue weighted by atomic mass is 10.2. The van der Waals surface area contributed by atoms with Crippen LogP contribution in [0.2, 0.25) is 5.02 Å². The second kappa shape index (κ2) is 7.62. The second-order valence-corrected chi connectivity index (χ2v) is 7.00. The van der Waals surface area contributed by atoms with Gasteiger partial charge in [0.05, 0.1) is 12.8 Å². The predicted molar refractivity (Wildman–Crippen MR) is 104 cm³/mol. The second-order valence-electron chi connectivity index (χ2n) is 6.56. The Balaban J connectivity index is 1.53. The monoisotopic (exact) mass is 384 g/mol. The van der Waals surface area contributed by atoms with Gasteiger partial charge in [0.25, 0.3) is 0 Å². The lowest BCUT2D eigenvalue weighted by Gasteiger charge is -2.18. The van der Waals surface area contributed by atoms with Crippen LogP contribution in [0.15, 0.2) is 46.9 Å². The smallest absolute Gasteiger partial charge is 0.226 e. The largest absolute Gasteiger partial charge is 0.497 e. The molecule has 2 heterocycles. The molecular formula is C21H21ClN2O3. The van der Waals surface area contributed by atoms with E-state index < -0.39 is 0 Å². The van der Waals surface area contributed by atoms with Crippen LogP contribution < -0.4 is 9.47 Å². The summed E-state index contributed by atoms with van der Waals surface area (Å²) in [5.41, 5.74) is 2.96. The van der Waals surface area contributed by atoms with Crippen molar-refractivity contribution in [2.75, 3.05) is 20.3 Å². The summed E-state index contributed by atoms with van der Waals surface area (Å²) in [6.07, 6.45) is 0. The van der Waals surface area contributed by atoms with E-state index in [1.807, 2.05) is 49.4 Å². The van der Waals surface area contributed by atoms with Crippen LogP contribution in [0.25, 0.3) is 11.5 Å². The first-order valence-corrected chi connectivity index (χ1v) is 9.24. The minimum atomic E-state index is 0.625. The van der Waals surface area contributed by atoms with E-state index in [9.17, 15) is 0 Å². The maximum atomic E-state index is 6.15. The zero-order chi connectivity index (χ0) is 18.8. The van der Waals surface area contributed by atoms with Crippen molar-refractivity contribution in [2.24, 2.45) is 0 Å². The van der Waals surface area contributed by atoms with Gasteiger partial charge in [-0.3, -0.25) is 4.90 Å². The topological polar surface area (TPSA) is 47.7 Å². The molecule has 0 aliphatic carbocycles. The SMILES string of the molecule is COc1ccc(-c2nc(CN3CCOc4ccc(Cl)cc4C3)c(C)o2)cc1. The van der Waals surface area contributed by atoms with Gasteiger partial charge in [-0.05, 0) is 49.4 Å². The average Bonchev–Trinajstić information content (AvgIpc) is 2.91. The lowest BCUT2D eigenvalue weighted by molar-refractivity contribution is 0.217. The number of aromatic nitrogens is 1. The van der Waals surface area contributed by atoms with Gasteiger partial charge in [0.1, 0.15) is 23.9 Å². The van der Waals surface area contributed by atoms with Crippen molar-refractivity contribution < 1.29 is 13.9 Å². The average molecular weight is 385 g/mol. The third-order valence-electron chi connectivity index (χ3n) is 4.68. The molecule has 27 heavy (non-hydrogen) atoms. The molecule has 0 spiro atoms. The maximum Gasteiger partial charge on any atom is 0.226 e. The van der Waals surface area contributed by atoms with Crippen LogP contribution in [0.4, 0.5) is 0 Å². The summed E-state index contributed by atoms with van der Waals surface area (Å²) in [6.45, 7) is 4.86. The number of hydrogen-bond donors (Lipinski definition) is 0. The van der Waals surface area contributed by atoms with E-state index in [1.54, 1.807) is 7.11 Å². The first kappa shape index (κ1) is 17.9. The van der Waals surface area contributed by atoms with Crippen LogP contribution in [0.1, 0.15) is 17.0 Å². The van der Waals surface area contributed by atoms with Gasteiger partial charge in [0.15, 0.2) is 0 Å². The molecule has 1 aliphatic heterocycles. The Labute approximate surface area is 163 Å². The Morgan fingerprint density at radius 1 is 1.19 bits per heavy atom. The summed E-state index contributed by atoms with van der Waals surface area (Å²) in [6, 6.07) is 13.5. The minimum Gasteiger partial charge on any atom is -0.497 e. The Morgan fingerprint density at radius 3 is 2.78 bits per heavy atom. The molecule has 0 saturated carbocycles. The summed E-state index contributed by atoms with van der Waals surface area (Å²) in [4.78, 5) is 7.01. The number of fused-ring (bicyclic) bond motifs is 1. The van der Waals surface area contributed by atoms with Gasteiger partial charge >= 0.3 is 0 Å². The standard InChI is InChI=1S/C21H21ClN2O3/c1-14-19(23-21(27-14)15-3-6-18(25-2)7-4-15)13-24-9-10-26-20-8-5-17(22)11-16(20)12-24/h3-8,11H,9-10,12-13H2,1-2H3. The molecule has 0 fully saturated rings. The Morgan fingerprint density at radius 2 is 2.00 bits per heavy atom. The van der Waals surface area contributed by atoms with Crippen LogP contribution in [-0.4, -0.2) is 30.1 Å². The fourth-order valence-electron chi connectivity index (χ4n) is 3.20. The predicted octanol–water partition coefficient (Wildman–Crippen LogP) is 4.71. The van der Waals surface area contributed by atoms with E-state index in [4.69, 9.17) is 30.5 Å². The van der Waals surface area contributed by atoms with E-state index in [0.29, 0.717) is 19.0 Å². The first-order chi connectivity index (χ1) is 13.1. The normalized spacial score (nSPS) is 14.3. The summed E-state index contributed by atoms with van der Waals surface area (Å²) in [5.74, 6) is 3.17.